The molecule has 0 aliphatic carbocycles. The summed E-state index contributed by atoms with van der Waals surface area (Å²) in [4.78, 5) is 22.0. The van der Waals surface area contributed by atoms with Crippen LogP contribution in [-0.4, -0.2) is 24.6 Å². The predicted molar refractivity (Wildman–Crippen MR) is 57.6 cm³/mol. The molecule has 7 heteroatoms. The Hall–Kier alpha value is -1.63. The van der Waals surface area contributed by atoms with Gasteiger partial charge in [0.2, 0.25) is 5.91 Å². The summed E-state index contributed by atoms with van der Waals surface area (Å²) < 4.78 is 23.9. The number of carbonyl (C=O) groups excluding carboxylic acids is 1. The number of aromatic nitrogens is 1. The van der Waals surface area contributed by atoms with E-state index >= 15 is 0 Å². The summed E-state index contributed by atoms with van der Waals surface area (Å²) in [7, 11) is -3.40. The van der Waals surface area contributed by atoms with E-state index in [0.717, 1.165) is 10.6 Å². The molecular formula is C9H12N2O4S. The number of hydrogen-bond donors (Lipinski definition) is 1. The first-order chi connectivity index (χ1) is 7.36. The molecule has 0 aromatic carbocycles. The van der Waals surface area contributed by atoms with Crippen molar-refractivity contribution in [3.8, 4) is 0 Å². The lowest BCUT2D eigenvalue weighted by atomic mass is 10.4. The van der Waals surface area contributed by atoms with Gasteiger partial charge in [0.25, 0.3) is 5.56 Å². The average molecular weight is 244 g/mol. The Kier molecular flexibility index (Phi) is 3.48. The lowest BCUT2D eigenvalue weighted by molar-refractivity contribution is -0.118. The third kappa shape index (κ3) is 2.69. The molecule has 16 heavy (non-hydrogen) atoms. The number of primary amides is 1. The molecule has 0 saturated heterocycles. The molecule has 1 aromatic rings. The first-order valence-electron chi connectivity index (χ1n) is 4.58. The summed E-state index contributed by atoms with van der Waals surface area (Å²) >= 11 is 0. The van der Waals surface area contributed by atoms with E-state index in [1.54, 1.807) is 0 Å². The van der Waals surface area contributed by atoms with E-state index in [4.69, 9.17) is 5.73 Å². The molecule has 0 fully saturated rings. The van der Waals surface area contributed by atoms with Gasteiger partial charge in [-0.3, -0.25) is 9.59 Å². The maximum absolute atomic E-state index is 11.4. The van der Waals surface area contributed by atoms with Crippen molar-refractivity contribution in [2.24, 2.45) is 5.73 Å². The third-order valence-corrected chi connectivity index (χ3v) is 3.77. The van der Waals surface area contributed by atoms with Gasteiger partial charge >= 0.3 is 0 Å². The molecule has 0 bridgehead atoms. The highest BCUT2D eigenvalue weighted by atomic mass is 32.2. The Balaban J connectivity index is 3.20. The lowest BCUT2D eigenvalue weighted by Gasteiger charge is -2.04. The standard InChI is InChI=1S/C9H12N2O4S/c1-2-16(14,15)7-3-4-11(6-8(10)12)9(13)5-7/h3-5H,2,6H2,1H3,(H2,10,12). The average Bonchev–Trinajstić information content (AvgIpc) is 2.20. The minimum atomic E-state index is -3.40. The summed E-state index contributed by atoms with van der Waals surface area (Å²) in [6.45, 7) is 1.23. The second-order valence-electron chi connectivity index (χ2n) is 3.20. The second kappa shape index (κ2) is 4.48. The van der Waals surface area contributed by atoms with Crippen molar-refractivity contribution in [2.45, 2.75) is 18.4 Å². The van der Waals surface area contributed by atoms with E-state index in [1.165, 1.54) is 19.2 Å². The number of nitrogens with zero attached hydrogens (tertiary/aromatic N) is 1. The smallest absolute Gasteiger partial charge is 0.252 e. The summed E-state index contributed by atoms with van der Waals surface area (Å²) in [5, 5.41) is 0. The molecule has 2 N–H and O–H groups in total. The molecule has 1 rings (SSSR count). The number of hydrogen-bond acceptors (Lipinski definition) is 4. The van der Waals surface area contributed by atoms with Crippen LogP contribution in [0.2, 0.25) is 0 Å². The van der Waals surface area contributed by atoms with E-state index < -0.39 is 21.3 Å². The van der Waals surface area contributed by atoms with Gasteiger partial charge in [-0.1, -0.05) is 6.92 Å². The SMILES string of the molecule is CCS(=O)(=O)c1ccn(CC(N)=O)c(=O)c1. The molecule has 0 aliphatic heterocycles. The van der Waals surface area contributed by atoms with Crippen LogP contribution in [-0.2, 0) is 21.2 Å². The van der Waals surface area contributed by atoms with Gasteiger partial charge in [-0.2, -0.15) is 0 Å². The highest BCUT2D eigenvalue weighted by molar-refractivity contribution is 7.91. The topological polar surface area (TPSA) is 99.2 Å². The highest BCUT2D eigenvalue weighted by Crippen LogP contribution is 2.06. The minimum absolute atomic E-state index is 0.0410. The summed E-state index contributed by atoms with van der Waals surface area (Å²) in [5.74, 6) is -0.736. The van der Waals surface area contributed by atoms with Crippen molar-refractivity contribution in [1.29, 1.82) is 0 Å². The molecule has 1 aromatic heterocycles. The molecule has 0 saturated carbocycles. The summed E-state index contributed by atoms with van der Waals surface area (Å²) in [6, 6.07) is 2.27. The van der Waals surface area contributed by atoms with Gasteiger partial charge in [-0.05, 0) is 6.07 Å². The zero-order valence-electron chi connectivity index (χ0n) is 8.71. The first kappa shape index (κ1) is 12.4. The molecule has 1 amide bonds. The first-order valence-corrected chi connectivity index (χ1v) is 6.23. The largest absolute Gasteiger partial charge is 0.368 e. The van der Waals surface area contributed by atoms with Crippen molar-refractivity contribution in [1.82, 2.24) is 4.57 Å². The van der Waals surface area contributed by atoms with Gasteiger partial charge in [0.15, 0.2) is 9.84 Å². The van der Waals surface area contributed by atoms with Crippen LogP contribution in [0.15, 0.2) is 28.0 Å². The molecule has 1 heterocycles. The molecule has 88 valence electrons. The van der Waals surface area contributed by atoms with Crippen LogP contribution in [0.25, 0.3) is 0 Å². The van der Waals surface area contributed by atoms with Gasteiger partial charge in [0.1, 0.15) is 6.54 Å². The molecule has 0 atom stereocenters. The molecule has 6 nitrogen and oxygen atoms in total. The predicted octanol–water partition coefficient (Wildman–Crippen LogP) is -0.873. The Morgan fingerprint density at radius 2 is 2.12 bits per heavy atom. The van der Waals surface area contributed by atoms with Crippen molar-refractivity contribution >= 4 is 15.7 Å². The number of nitrogens with two attached hydrogens (primary N) is 1. The molecule has 0 unspecified atom stereocenters. The van der Waals surface area contributed by atoms with Gasteiger partial charge < -0.3 is 10.3 Å². The van der Waals surface area contributed by atoms with Crippen LogP contribution < -0.4 is 11.3 Å². The molecule has 0 spiro atoms. The quantitative estimate of drug-likeness (QED) is 0.744. The molecular weight excluding hydrogens is 232 g/mol. The zero-order chi connectivity index (χ0) is 12.3. The van der Waals surface area contributed by atoms with E-state index in [-0.39, 0.29) is 17.2 Å². The summed E-state index contributed by atoms with van der Waals surface area (Å²) in [5.41, 5.74) is 4.36. The van der Waals surface area contributed by atoms with Crippen molar-refractivity contribution in [3.05, 3.63) is 28.7 Å². The Bertz CT molecular complexity index is 559. The lowest BCUT2D eigenvalue weighted by Crippen LogP contribution is -2.27. The highest BCUT2D eigenvalue weighted by Gasteiger charge is 2.12. The van der Waals surface area contributed by atoms with Gasteiger partial charge in [0.05, 0.1) is 10.6 Å². The fourth-order valence-corrected chi connectivity index (χ4v) is 2.03. The third-order valence-electron chi connectivity index (χ3n) is 2.03. The Morgan fingerprint density at radius 3 is 2.56 bits per heavy atom. The Morgan fingerprint density at radius 1 is 1.50 bits per heavy atom. The fraction of sp³-hybridized carbons (Fsp3) is 0.333. The van der Waals surface area contributed by atoms with Gasteiger partial charge in [-0.15, -0.1) is 0 Å². The number of rotatable bonds is 4. The van der Waals surface area contributed by atoms with Crippen LogP contribution in [0.1, 0.15) is 6.92 Å². The van der Waals surface area contributed by atoms with Crippen LogP contribution >= 0.6 is 0 Å². The van der Waals surface area contributed by atoms with Crippen LogP contribution in [0.3, 0.4) is 0 Å². The van der Waals surface area contributed by atoms with Crippen molar-refractivity contribution in [2.75, 3.05) is 5.75 Å². The van der Waals surface area contributed by atoms with Crippen molar-refractivity contribution < 1.29 is 13.2 Å². The van der Waals surface area contributed by atoms with E-state index in [9.17, 15) is 18.0 Å². The summed E-state index contributed by atoms with van der Waals surface area (Å²) in [6.07, 6.45) is 1.25. The van der Waals surface area contributed by atoms with Crippen LogP contribution in [0.5, 0.6) is 0 Å². The van der Waals surface area contributed by atoms with E-state index in [0.29, 0.717) is 0 Å². The number of carbonyl (C=O) groups is 1. The van der Waals surface area contributed by atoms with Gasteiger partial charge in [-0.25, -0.2) is 8.42 Å². The minimum Gasteiger partial charge on any atom is -0.368 e. The maximum Gasteiger partial charge on any atom is 0.252 e. The number of sulfone groups is 1. The van der Waals surface area contributed by atoms with Crippen molar-refractivity contribution in [3.63, 3.8) is 0 Å². The number of pyridine rings is 1. The van der Waals surface area contributed by atoms with E-state index in [1.807, 2.05) is 0 Å². The maximum atomic E-state index is 11.4. The zero-order valence-corrected chi connectivity index (χ0v) is 9.53. The van der Waals surface area contributed by atoms with E-state index in [2.05, 4.69) is 0 Å². The van der Waals surface area contributed by atoms with Crippen LogP contribution in [0, 0.1) is 0 Å². The number of amides is 1. The monoisotopic (exact) mass is 244 g/mol. The second-order valence-corrected chi connectivity index (χ2v) is 5.48. The molecule has 0 aliphatic rings. The van der Waals surface area contributed by atoms with Crippen LogP contribution in [0.4, 0.5) is 0 Å². The van der Waals surface area contributed by atoms with Gasteiger partial charge in [0, 0.05) is 12.3 Å². The fourth-order valence-electron chi connectivity index (χ4n) is 1.15. The normalized spacial score (nSPS) is 11.3. The Labute approximate surface area is 92.6 Å². The molecule has 0 radical (unpaired) electrons.